The molecular weight excluding hydrogens is 250 g/mol. The predicted molar refractivity (Wildman–Crippen MR) is 81.5 cm³/mol. The highest BCUT2D eigenvalue weighted by atomic mass is 16.2. The molecule has 1 fully saturated rings. The minimum Gasteiger partial charge on any atom is -0.334 e. The van der Waals surface area contributed by atoms with Crippen molar-refractivity contribution in [3.63, 3.8) is 0 Å². The fraction of sp³-hybridized carbons (Fsp3) is 0.562. The number of rotatable bonds is 4. The van der Waals surface area contributed by atoms with E-state index in [1.54, 1.807) is 0 Å². The van der Waals surface area contributed by atoms with Crippen molar-refractivity contribution in [1.82, 2.24) is 15.5 Å². The summed E-state index contributed by atoms with van der Waals surface area (Å²) in [7, 11) is 3.92. The van der Waals surface area contributed by atoms with Crippen LogP contribution in [-0.4, -0.2) is 37.1 Å². The van der Waals surface area contributed by atoms with E-state index in [4.69, 9.17) is 0 Å². The van der Waals surface area contributed by atoms with Crippen LogP contribution in [0.1, 0.15) is 31.2 Å². The number of carbonyl (C=O) groups is 1. The predicted octanol–water partition coefficient (Wildman–Crippen LogP) is 2.36. The third kappa shape index (κ3) is 3.97. The standard InChI is InChI=1S/C16H25N3O/c1-17-14-8-10-15(11-9-14)19(2)16(20)18-12-13-6-4-3-5-7-13/h3-7,14-15,17H,8-12H2,1-2H3,(H,18,20). The van der Waals surface area contributed by atoms with Gasteiger partial charge in [-0.3, -0.25) is 0 Å². The highest BCUT2D eigenvalue weighted by Gasteiger charge is 2.25. The Kier molecular flexibility index (Phi) is 5.41. The second kappa shape index (κ2) is 7.29. The van der Waals surface area contributed by atoms with Gasteiger partial charge >= 0.3 is 6.03 Å². The molecule has 20 heavy (non-hydrogen) atoms. The molecule has 0 saturated heterocycles. The highest BCUT2D eigenvalue weighted by molar-refractivity contribution is 5.74. The number of amides is 2. The molecule has 4 nitrogen and oxygen atoms in total. The second-order valence-electron chi connectivity index (χ2n) is 5.55. The quantitative estimate of drug-likeness (QED) is 0.886. The van der Waals surface area contributed by atoms with Gasteiger partial charge in [0.25, 0.3) is 0 Å². The van der Waals surface area contributed by atoms with Crippen molar-refractivity contribution in [2.24, 2.45) is 0 Å². The molecule has 1 aliphatic carbocycles. The zero-order valence-corrected chi connectivity index (χ0v) is 12.4. The van der Waals surface area contributed by atoms with Gasteiger partial charge in [-0.1, -0.05) is 30.3 Å². The molecule has 2 amide bonds. The van der Waals surface area contributed by atoms with E-state index >= 15 is 0 Å². The molecule has 0 spiro atoms. The van der Waals surface area contributed by atoms with E-state index < -0.39 is 0 Å². The Morgan fingerprint density at radius 2 is 1.85 bits per heavy atom. The molecule has 1 saturated carbocycles. The molecule has 1 aromatic carbocycles. The van der Waals surface area contributed by atoms with Crippen molar-refractivity contribution in [3.05, 3.63) is 35.9 Å². The SMILES string of the molecule is CNC1CCC(N(C)C(=O)NCc2ccccc2)CC1. The maximum atomic E-state index is 12.2. The smallest absolute Gasteiger partial charge is 0.317 e. The van der Waals surface area contributed by atoms with Crippen molar-refractivity contribution < 1.29 is 4.79 Å². The fourth-order valence-corrected chi connectivity index (χ4v) is 2.82. The van der Waals surface area contributed by atoms with Crippen LogP contribution in [0.3, 0.4) is 0 Å². The zero-order chi connectivity index (χ0) is 14.4. The molecule has 2 rings (SSSR count). The molecule has 1 aromatic rings. The molecule has 4 heteroatoms. The zero-order valence-electron chi connectivity index (χ0n) is 12.4. The highest BCUT2D eigenvalue weighted by Crippen LogP contribution is 2.22. The number of nitrogens with zero attached hydrogens (tertiary/aromatic N) is 1. The van der Waals surface area contributed by atoms with E-state index in [0.29, 0.717) is 18.6 Å². The molecule has 0 radical (unpaired) electrons. The number of benzene rings is 1. The van der Waals surface area contributed by atoms with Gasteiger partial charge in [0.05, 0.1) is 0 Å². The Hall–Kier alpha value is -1.55. The summed E-state index contributed by atoms with van der Waals surface area (Å²) in [5.41, 5.74) is 1.13. The molecule has 0 aliphatic heterocycles. The Bertz CT molecular complexity index is 413. The Morgan fingerprint density at radius 1 is 1.20 bits per heavy atom. The normalized spacial score (nSPS) is 22.3. The van der Waals surface area contributed by atoms with E-state index in [-0.39, 0.29) is 6.03 Å². The number of hydrogen-bond donors (Lipinski definition) is 2. The summed E-state index contributed by atoms with van der Waals surface area (Å²) in [6, 6.07) is 11.0. The Labute approximate surface area is 121 Å². The van der Waals surface area contributed by atoms with Crippen molar-refractivity contribution in [3.8, 4) is 0 Å². The van der Waals surface area contributed by atoms with E-state index in [1.807, 2.05) is 49.3 Å². The molecule has 0 unspecified atom stereocenters. The molecule has 0 heterocycles. The number of carbonyl (C=O) groups excluding carboxylic acids is 1. The van der Waals surface area contributed by atoms with Crippen LogP contribution in [0.5, 0.6) is 0 Å². The maximum absolute atomic E-state index is 12.2. The summed E-state index contributed by atoms with van der Waals surface area (Å²) in [6.45, 7) is 0.593. The molecule has 1 aliphatic rings. The van der Waals surface area contributed by atoms with Gasteiger partial charge < -0.3 is 15.5 Å². The third-order valence-electron chi connectivity index (χ3n) is 4.26. The van der Waals surface area contributed by atoms with Gasteiger partial charge in [0.15, 0.2) is 0 Å². The maximum Gasteiger partial charge on any atom is 0.317 e. The van der Waals surface area contributed by atoms with Gasteiger partial charge in [0.2, 0.25) is 0 Å². The molecule has 110 valence electrons. The number of hydrogen-bond acceptors (Lipinski definition) is 2. The van der Waals surface area contributed by atoms with E-state index in [0.717, 1.165) is 31.2 Å². The average Bonchev–Trinajstić information content (AvgIpc) is 2.53. The second-order valence-corrected chi connectivity index (χ2v) is 5.55. The van der Waals surface area contributed by atoms with Crippen LogP contribution >= 0.6 is 0 Å². The lowest BCUT2D eigenvalue weighted by Gasteiger charge is -2.34. The third-order valence-corrected chi connectivity index (χ3v) is 4.26. The monoisotopic (exact) mass is 275 g/mol. The lowest BCUT2D eigenvalue weighted by Crippen LogP contribution is -2.46. The minimum atomic E-state index is 0.0294. The first-order valence-corrected chi connectivity index (χ1v) is 7.42. The van der Waals surface area contributed by atoms with E-state index in [2.05, 4.69) is 10.6 Å². The number of urea groups is 1. The summed E-state index contributed by atoms with van der Waals surface area (Å²) in [6.07, 6.45) is 4.47. The summed E-state index contributed by atoms with van der Waals surface area (Å²) in [5.74, 6) is 0. The van der Waals surface area contributed by atoms with Crippen molar-refractivity contribution in [1.29, 1.82) is 0 Å². The van der Waals surface area contributed by atoms with Gasteiger partial charge in [-0.05, 0) is 38.3 Å². The molecular formula is C16H25N3O. The first kappa shape index (κ1) is 14.9. The molecule has 0 bridgehead atoms. The van der Waals surface area contributed by atoms with Crippen LogP contribution in [0.2, 0.25) is 0 Å². The van der Waals surface area contributed by atoms with Gasteiger partial charge in [-0.25, -0.2) is 4.79 Å². The summed E-state index contributed by atoms with van der Waals surface area (Å²) < 4.78 is 0. The first-order valence-electron chi connectivity index (χ1n) is 7.42. The van der Waals surface area contributed by atoms with Crippen molar-refractivity contribution in [2.75, 3.05) is 14.1 Å². The van der Waals surface area contributed by atoms with Gasteiger partial charge in [-0.15, -0.1) is 0 Å². The lowest BCUT2D eigenvalue weighted by molar-refractivity contribution is 0.166. The summed E-state index contributed by atoms with van der Waals surface area (Å²) >= 11 is 0. The van der Waals surface area contributed by atoms with Crippen molar-refractivity contribution >= 4 is 6.03 Å². The van der Waals surface area contributed by atoms with Crippen LogP contribution in [0.25, 0.3) is 0 Å². The minimum absolute atomic E-state index is 0.0294. The van der Waals surface area contributed by atoms with Crippen molar-refractivity contribution in [2.45, 2.75) is 44.3 Å². The summed E-state index contributed by atoms with van der Waals surface area (Å²) in [5, 5.41) is 6.31. The number of nitrogens with one attached hydrogen (secondary N) is 2. The van der Waals surface area contributed by atoms with Crippen LogP contribution in [-0.2, 0) is 6.54 Å². The molecule has 0 aromatic heterocycles. The van der Waals surface area contributed by atoms with Crippen LogP contribution in [0.15, 0.2) is 30.3 Å². The summed E-state index contributed by atoms with van der Waals surface area (Å²) in [4.78, 5) is 14.0. The van der Waals surface area contributed by atoms with Gasteiger partial charge in [0, 0.05) is 25.7 Å². The Morgan fingerprint density at radius 3 is 2.45 bits per heavy atom. The topological polar surface area (TPSA) is 44.4 Å². The lowest BCUT2D eigenvalue weighted by atomic mass is 9.90. The van der Waals surface area contributed by atoms with Gasteiger partial charge in [-0.2, -0.15) is 0 Å². The largest absolute Gasteiger partial charge is 0.334 e. The van der Waals surface area contributed by atoms with Gasteiger partial charge in [0.1, 0.15) is 0 Å². The van der Waals surface area contributed by atoms with Crippen LogP contribution in [0, 0.1) is 0 Å². The average molecular weight is 275 g/mol. The molecule has 0 atom stereocenters. The van der Waals surface area contributed by atoms with E-state index in [9.17, 15) is 4.79 Å². The van der Waals surface area contributed by atoms with E-state index in [1.165, 1.54) is 0 Å². The molecule has 2 N–H and O–H groups in total. The van der Waals surface area contributed by atoms with Crippen LogP contribution in [0.4, 0.5) is 4.79 Å². The first-order chi connectivity index (χ1) is 9.70. The Balaban J connectivity index is 1.77. The van der Waals surface area contributed by atoms with Crippen LogP contribution < -0.4 is 10.6 Å². The fourth-order valence-electron chi connectivity index (χ4n) is 2.82.